The number of aliphatic hydroxyl groups is 1. The minimum absolute atomic E-state index is 0.0638. The fourth-order valence-corrected chi connectivity index (χ4v) is 3.02. The molecule has 0 fully saturated rings. The quantitative estimate of drug-likeness (QED) is 0.856. The first-order valence-corrected chi connectivity index (χ1v) is 6.48. The summed E-state index contributed by atoms with van der Waals surface area (Å²) >= 11 is 1.72. The molecule has 0 bridgehead atoms. The molecule has 2 nitrogen and oxygen atoms in total. The van der Waals surface area contributed by atoms with E-state index in [0.29, 0.717) is 0 Å². The van der Waals surface area contributed by atoms with Crippen molar-refractivity contribution in [1.82, 2.24) is 0 Å². The van der Waals surface area contributed by atoms with Crippen LogP contribution in [0.5, 0.6) is 0 Å². The highest BCUT2D eigenvalue weighted by Gasteiger charge is 2.19. The molecule has 3 N–H and O–H groups in total. The molecule has 1 aromatic heterocycles. The zero-order valence-corrected chi connectivity index (χ0v) is 10.2. The van der Waals surface area contributed by atoms with Crippen LogP contribution in [0.3, 0.4) is 0 Å². The van der Waals surface area contributed by atoms with Gasteiger partial charge in [0.05, 0.1) is 0 Å². The highest BCUT2D eigenvalue weighted by molar-refractivity contribution is 7.17. The highest BCUT2D eigenvalue weighted by Crippen LogP contribution is 2.33. The molecule has 0 aliphatic carbocycles. The second-order valence-electron chi connectivity index (χ2n) is 4.06. The van der Waals surface area contributed by atoms with E-state index in [4.69, 9.17) is 5.73 Å². The lowest BCUT2D eigenvalue weighted by atomic mass is 9.92. The Bertz CT molecular complexity index is 462. The molecule has 0 aliphatic rings. The molecule has 2 unspecified atom stereocenters. The Morgan fingerprint density at radius 3 is 2.81 bits per heavy atom. The summed E-state index contributed by atoms with van der Waals surface area (Å²) in [6, 6.07) is 8.22. The second kappa shape index (κ2) is 4.95. The predicted molar refractivity (Wildman–Crippen MR) is 69.6 cm³/mol. The van der Waals surface area contributed by atoms with Crippen LogP contribution < -0.4 is 5.73 Å². The Balaban J connectivity index is 2.39. The topological polar surface area (TPSA) is 46.2 Å². The molecule has 0 spiro atoms. The molecule has 1 heterocycles. The fourth-order valence-electron chi connectivity index (χ4n) is 2.01. The van der Waals surface area contributed by atoms with E-state index >= 15 is 0 Å². The van der Waals surface area contributed by atoms with Gasteiger partial charge in [0, 0.05) is 23.3 Å². The van der Waals surface area contributed by atoms with Crippen molar-refractivity contribution in [3.63, 3.8) is 0 Å². The maximum absolute atomic E-state index is 9.29. The standard InChI is InChI=1S/C13H17NOS/c1-2-9(7-15)13(14)11-8-16-12-6-4-3-5-10(11)12/h3-6,8-9,13,15H,2,7,14H2,1H3. The minimum atomic E-state index is -0.0638. The molecule has 0 aliphatic heterocycles. The zero-order valence-electron chi connectivity index (χ0n) is 9.39. The number of benzene rings is 1. The molecule has 1 aromatic carbocycles. The van der Waals surface area contributed by atoms with E-state index < -0.39 is 0 Å². The summed E-state index contributed by atoms with van der Waals surface area (Å²) in [6.45, 7) is 2.22. The maximum Gasteiger partial charge on any atom is 0.0477 e. The lowest BCUT2D eigenvalue weighted by molar-refractivity contribution is 0.201. The molecule has 0 radical (unpaired) electrons. The van der Waals surface area contributed by atoms with Crippen molar-refractivity contribution in [3.05, 3.63) is 35.2 Å². The molecule has 2 aromatic rings. The lowest BCUT2D eigenvalue weighted by Crippen LogP contribution is -2.23. The van der Waals surface area contributed by atoms with Crippen LogP contribution in [0.2, 0.25) is 0 Å². The summed E-state index contributed by atoms with van der Waals surface area (Å²) in [5.41, 5.74) is 7.39. The molecule has 0 saturated heterocycles. The van der Waals surface area contributed by atoms with Gasteiger partial charge in [-0.15, -0.1) is 11.3 Å². The monoisotopic (exact) mass is 235 g/mol. The second-order valence-corrected chi connectivity index (χ2v) is 4.98. The Kier molecular flexibility index (Phi) is 3.59. The summed E-state index contributed by atoms with van der Waals surface area (Å²) in [7, 11) is 0. The van der Waals surface area contributed by atoms with Crippen molar-refractivity contribution in [2.24, 2.45) is 11.7 Å². The van der Waals surface area contributed by atoms with Crippen molar-refractivity contribution in [1.29, 1.82) is 0 Å². The van der Waals surface area contributed by atoms with Crippen LogP contribution in [0, 0.1) is 5.92 Å². The summed E-state index contributed by atoms with van der Waals surface area (Å²) in [5.74, 6) is 0.151. The maximum atomic E-state index is 9.29. The van der Waals surface area contributed by atoms with Crippen LogP contribution in [0.25, 0.3) is 10.1 Å². The smallest absolute Gasteiger partial charge is 0.0477 e. The fraction of sp³-hybridized carbons (Fsp3) is 0.385. The molecule has 0 saturated carbocycles. The van der Waals surface area contributed by atoms with E-state index in [1.54, 1.807) is 11.3 Å². The van der Waals surface area contributed by atoms with Crippen molar-refractivity contribution < 1.29 is 5.11 Å². The number of hydrogen-bond acceptors (Lipinski definition) is 3. The minimum Gasteiger partial charge on any atom is -0.396 e. The number of rotatable bonds is 4. The number of nitrogens with two attached hydrogens (primary N) is 1. The van der Waals surface area contributed by atoms with E-state index in [9.17, 15) is 5.11 Å². The lowest BCUT2D eigenvalue weighted by Gasteiger charge is -2.20. The molecule has 0 amide bonds. The molecule has 2 atom stereocenters. The van der Waals surface area contributed by atoms with E-state index in [-0.39, 0.29) is 18.6 Å². The van der Waals surface area contributed by atoms with Gasteiger partial charge in [0.1, 0.15) is 0 Å². The summed E-state index contributed by atoms with van der Waals surface area (Å²) in [6.07, 6.45) is 0.905. The Morgan fingerprint density at radius 2 is 2.12 bits per heavy atom. The van der Waals surface area contributed by atoms with Gasteiger partial charge in [-0.25, -0.2) is 0 Å². The SMILES string of the molecule is CCC(CO)C(N)c1csc2ccccc12. The van der Waals surface area contributed by atoms with Crippen LogP contribution in [0.15, 0.2) is 29.6 Å². The molecule has 3 heteroatoms. The predicted octanol–water partition coefficient (Wildman–Crippen LogP) is 2.92. The molecule has 86 valence electrons. The molecular formula is C13H17NOS. The van der Waals surface area contributed by atoms with Crippen LogP contribution in [-0.2, 0) is 0 Å². The zero-order chi connectivity index (χ0) is 11.5. The van der Waals surface area contributed by atoms with Crippen molar-refractivity contribution >= 4 is 21.4 Å². The first-order chi connectivity index (χ1) is 7.77. The molecular weight excluding hydrogens is 218 g/mol. The first-order valence-electron chi connectivity index (χ1n) is 5.60. The average molecular weight is 235 g/mol. The van der Waals surface area contributed by atoms with Gasteiger partial charge in [-0.2, -0.15) is 0 Å². The van der Waals surface area contributed by atoms with E-state index in [1.807, 2.05) is 12.1 Å². The number of thiophene rings is 1. The molecule has 16 heavy (non-hydrogen) atoms. The average Bonchev–Trinajstić information content (AvgIpc) is 2.74. The Morgan fingerprint density at radius 1 is 1.38 bits per heavy atom. The van der Waals surface area contributed by atoms with Gasteiger partial charge in [-0.05, 0) is 28.8 Å². The van der Waals surface area contributed by atoms with Crippen molar-refractivity contribution in [2.45, 2.75) is 19.4 Å². The third-order valence-electron chi connectivity index (χ3n) is 3.14. The summed E-state index contributed by atoms with van der Waals surface area (Å²) in [4.78, 5) is 0. The number of aliphatic hydroxyl groups excluding tert-OH is 1. The number of hydrogen-bond donors (Lipinski definition) is 2. The Hall–Kier alpha value is -0.900. The van der Waals surface area contributed by atoms with Crippen molar-refractivity contribution in [2.75, 3.05) is 6.61 Å². The van der Waals surface area contributed by atoms with Crippen LogP contribution in [0.4, 0.5) is 0 Å². The highest BCUT2D eigenvalue weighted by atomic mass is 32.1. The largest absolute Gasteiger partial charge is 0.396 e. The van der Waals surface area contributed by atoms with Gasteiger partial charge in [0.15, 0.2) is 0 Å². The third-order valence-corrected chi connectivity index (χ3v) is 4.12. The molecule has 2 rings (SSSR count). The van der Waals surface area contributed by atoms with Gasteiger partial charge in [0.25, 0.3) is 0 Å². The van der Waals surface area contributed by atoms with Gasteiger partial charge in [0.2, 0.25) is 0 Å². The van der Waals surface area contributed by atoms with E-state index in [0.717, 1.165) is 6.42 Å². The summed E-state index contributed by atoms with van der Waals surface area (Å²) < 4.78 is 1.26. The van der Waals surface area contributed by atoms with Gasteiger partial charge in [-0.3, -0.25) is 0 Å². The number of fused-ring (bicyclic) bond motifs is 1. The normalized spacial score (nSPS) is 15.2. The summed E-state index contributed by atoms with van der Waals surface area (Å²) in [5, 5.41) is 12.6. The van der Waals surface area contributed by atoms with Crippen molar-refractivity contribution in [3.8, 4) is 0 Å². The van der Waals surface area contributed by atoms with Gasteiger partial charge in [-0.1, -0.05) is 25.1 Å². The van der Waals surface area contributed by atoms with Gasteiger partial charge >= 0.3 is 0 Å². The van der Waals surface area contributed by atoms with E-state index in [2.05, 4.69) is 24.4 Å². The van der Waals surface area contributed by atoms with Crippen LogP contribution >= 0.6 is 11.3 Å². The van der Waals surface area contributed by atoms with Crippen LogP contribution in [-0.4, -0.2) is 11.7 Å². The first kappa shape index (κ1) is 11.6. The third kappa shape index (κ3) is 1.98. The van der Waals surface area contributed by atoms with E-state index in [1.165, 1.54) is 15.6 Å². The van der Waals surface area contributed by atoms with Gasteiger partial charge < -0.3 is 10.8 Å². The Labute approximate surface area is 99.7 Å². The van der Waals surface area contributed by atoms with Crippen LogP contribution in [0.1, 0.15) is 24.9 Å².